The molecule has 0 amide bonds. The van der Waals surface area contributed by atoms with Crippen molar-refractivity contribution in [2.75, 3.05) is 18.4 Å². The van der Waals surface area contributed by atoms with E-state index in [-0.39, 0.29) is 5.00 Å². The standard InChI is InChI=1S/C12H15N3O4S2/c1-7(12(16)19-2)21(17,18)15-11-9(5-13)8-3-4-14-6-10(8)20-11/h7,14-15H,3-4,6H2,1-2H3. The van der Waals surface area contributed by atoms with E-state index in [0.717, 1.165) is 24.1 Å². The third-order valence-electron chi connectivity index (χ3n) is 3.27. The number of nitrogens with zero attached hydrogens (tertiary/aromatic N) is 1. The molecular formula is C12H15N3O4S2. The molecule has 0 aliphatic carbocycles. The Balaban J connectivity index is 2.34. The molecule has 1 atom stereocenters. The molecule has 0 radical (unpaired) electrons. The summed E-state index contributed by atoms with van der Waals surface area (Å²) in [4.78, 5) is 12.3. The van der Waals surface area contributed by atoms with Crippen LogP contribution in [0, 0.1) is 11.3 Å². The van der Waals surface area contributed by atoms with E-state index in [1.54, 1.807) is 0 Å². The minimum Gasteiger partial charge on any atom is -0.468 e. The van der Waals surface area contributed by atoms with Crippen LogP contribution in [0.25, 0.3) is 0 Å². The molecular weight excluding hydrogens is 314 g/mol. The molecule has 0 saturated carbocycles. The first-order chi connectivity index (χ1) is 9.90. The molecule has 0 aromatic carbocycles. The summed E-state index contributed by atoms with van der Waals surface area (Å²) in [5.74, 6) is -0.844. The van der Waals surface area contributed by atoms with E-state index >= 15 is 0 Å². The molecule has 1 aromatic heterocycles. The maximum absolute atomic E-state index is 12.2. The maximum atomic E-state index is 12.2. The molecule has 1 aromatic rings. The summed E-state index contributed by atoms with van der Waals surface area (Å²) in [6, 6.07) is 2.05. The number of sulfonamides is 1. The first kappa shape index (κ1) is 15.8. The zero-order chi connectivity index (χ0) is 15.6. The number of esters is 1. The number of nitriles is 1. The minimum atomic E-state index is -3.94. The summed E-state index contributed by atoms with van der Waals surface area (Å²) in [6.45, 7) is 2.61. The van der Waals surface area contributed by atoms with Crippen molar-refractivity contribution < 1.29 is 17.9 Å². The fourth-order valence-electron chi connectivity index (χ4n) is 2.04. The highest BCUT2D eigenvalue weighted by molar-refractivity contribution is 7.94. The van der Waals surface area contributed by atoms with Gasteiger partial charge < -0.3 is 10.1 Å². The smallest absolute Gasteiger partial charge is 0.325 e. The molecule has 2 heterocycles. The van der Waals surface area contributed by atoms with Crippen molar-refractivity contribution in [3.8, 4) is 6.07 Å². The van der Waals surface area contributed by atoms with E-state index in [0.29, 0.717) is 18.5 Å². The van der Waals surface area contributed by atoms with Crippen LogP contribution < -0.4 is 10.0 Å². The fraction of sp³-hybridized carbons (Fsp3) is 0.500. The van der Waals surface area contributed by atoms with Gasteiger partial charge in [-0.1, -0.05) is 0 Å². The normalized spacial score (nSPS) is 15.7. The zero-order valence-electron chi connectivity index (χ0n) is 11.6. The Morgan fingerprint density at radius 1 is 1.57 bits per heavy atom. The quantitative estimate of drug-likeness (QED) is 0.782. The van der Waals surface area contributed by atoms with Gasteiger partial charge in [0.25, 0.3) is 0 Å². The van der Waals surface area contributed by atoms with E-state index in [9.17, 15) is 18.5 Å². The first-order valence-corrected chi connectivity index (χ1v) is 8.61. The predicted octanol–water partition coefficient (Wildman–Crippen LogP) is 0.569. The lowest BCUT2D eigenvalue weighted by Gasteiger charge is -2.12. The summed E-state index contributed by atoms with van der Waals surface area (Å²) in [5.41, 5.74) is 1.22. The third kappa shape index (κ3) is 3.02. The van der Waals surface area contributed by atoms with E-state index in [2.05, 4.69) is 14.8 Å². The van der Waals surface area contributed by atoms with Gasteiger partial charge in [0.15, 0.2) is 5.25 Å². The summed E-state index contributed by atoms with van der Waals surface area (Å²) in [5, 5.41) is 11.4. The summed E-state index contributed by atoms with van der Waals surface area (Å²) >= 11 is 1.22. The van der Waals surface area contributed by atoms with Gasteiger partial charge >= 0.3 is 5.97 Å². The number of rotatable bonds is 4. The van der Waals surface area contributed by atoms with Gasteiger partial charge in [-0.25, -0.2) is 8.42 Å². The first-order valence-electron chi connectivity index (χ1n) is 6.25. The Morgan fingerprint density at radius 2 is 2.29 bits per heavy atom. The number of methoxy groups -OCH3 is 1. The van der Waals surface area contributed by atoms with Gasteiger partial charge in [-0.3, -0.25) is 9.52 Å². The van der Waals surface area contributed by atoms with Crippen LogP contribution in [0.5, 0.6) is 0 Å². The molecule has 7 nitrogen and oxygen atoms in total. The Kier molecular flexibility index (Phi) is 4.51. The van der Waals surface area contributed by atoms with Gasteiger partial charge in [0.1, 0.15) is 11.1 Å². The van der Waals surface area contributed by atoms with Gasteiger partial charge in [0.2, 0.25) is 10.0 Å². The van der Waals surface area contributed by atoms with Gasteiger partial charge in [-0.15, -0.1) is 11.3 Å². The van der Waals surface area contributed by atoms with Crippen molar-refractivity contribution in [3.63, 3.8) is 0 Å². The van der Waals surface area contributed by atoms with Crippen molar-refractivity contribution in [1.82, 2.24) is 5.32 Å². The number of hydrogen-bond acceptors (Lipinski definition) is 7. The Labute approximate surface area is 127 Å². The highest BCUT2D eigenvalue weighted by Crippen LogP contribution is 2.35. The van der Waals surface area contributed by atoms with Gasteiger partial charge in [0, 0.05) is 11.4 Å². The number of nitrogens with one attached hydrogen (secondary N) is 2. The molecule has 0 spiro atoms. The van der Waals surface area contributed by atoms with Crippen molar-refractivity contribution in [2.24, 2.45) is 0 Å². The maximum Gasteiger partial charge on any atom is 0.325 e. The van der Waals surface area contributed by atoms with E-state index in [4.69, 9.17) is 0 Å². The van der Waals surface area contributed by atoms with Crippen LogP contribution in [0.2, 0.25) is 0 Å². The van der Waals surface area contributed by atoms with Crippen LogP contribution in [-0.4, -0.2) is 33.3 Å². The second-order valence-electron chi connectivity index (χ2n) is 4.56. The topological polar surface area (TPSA) is 108 Å². The van der Waals surface area contributed by atoms with Crippen LogP contribution in [0.1, 0.15) is 22.9 Å². The van der Waals surface area contributed by atoms with Crippen molar-refractivity contribution in [2.45, 2.75) is 25.1 Å². The monoisotopic (exact) mass is 329 g/mol. The van der Waals surface area contributed by atoms with Crippen LogP contribution in [0.4, 0.5) is 5.00 Å². The number of anilines is 1. The number of fused-ring (bicyclic) bond motifs is 1. The predicted molar refractivity (Wildman–Crippen MR) is 78.5 cm³/mol. The van der Waals surface area contributed by atoms with Gasteiger partial charge in [-0.05, 0) is 25.5 Å². The number of ether oxygens (including phenoxy) is 1. The van der Waals surface area contributed by atoms with E-state index in [1.165, 1.54) is 18.3 Å². The summed E-state index contributed by atoms with van der Waals surface area (Å²) < 4.78 is 31.1. The van der Waals surface area contributed by atoms with E-state index < -0.39 is 21.2 Å². The third-order valence-corrected chi connectivity index (χ3v) is 6.16. The van der Waals surface area contributed by atoms with Crippen LogP contribution in [0.3, 0.4) is 0 Å². The molecule has 0 fully saturated rings. The molecule has 2 rings (SSSR count). The van der Waals surface area contributed by atoms with Crippen LogP contribution in [0.15, 0.2) is 0 Å². The second kappa shape index (κ2) is 6.01. The molecule has 9 heteroatoms. The number of carbonyl (C=O) groups excluding carboxylic acids is 1. The van der Waals surface area contributed by atoms with Crippen molar-refractivity contribution >= 4 is 32.3 Å². The molecule has 1 aliphatic heterocycles. The molecule has 1 aliphatic rings. The van der Waals surface area contributed by atoms with Crippen LogP contribution >= 0.6 is 11.3 Å². The lowest BCUT2D eigenvalue weighted by atomic mass is 10.1. The minimum absolute atomic E-state index is 0.266. The van der Waals surface area contributed by atoms with E-state index in [1.807, 2.05) is 6.07 Å². The molecule has 21 heavy (non-hydrogen) atoms. The molecule has 0 saturated heterocycles. The second-order valence-corrected chi connectivity index (χ2v) is 7.67. The largest absolute Gasteiger partial charge is 0.468 e. The Morgan fingerprint density at radius 3 is 2.90 bits per heavy atom. The average molecular weight is 329 g/mol. The number of thiophene rings is 1. The summed E-state index contributed by atoms with van der Waals surface area (Å²) in [6.07, 6.45) is 0.684. The summed E-state index contributed by atoms with van der Waals surface area (Å²) in [7, 11) is -2.81. The highest BCUT2D eigenvalue weighted by atomic mass is 32.2. The molecule has 2 N–H and O–H groups in total. The van der Waals surface area contributed by atoms with Crippen LogP contribution in [-0.2, 0) is 32.5 Å². The zero-order valence-corrected chi connectivity index (χ0v) is 13.2. The van der Waals surface area contributed by atoms with Gasteiger partial charge in [0.05, 0.1) is 12.7 Å². The molecule has 114 valence electrons. The fourth-order valence-corrected chi connectivity index (χ4v) is 4.46. The number of carbonyl (C=O) groups is 1. The number of hydrogen-bond donors (Lipinski definition) is 2. The lowest BCUT2D eigenvalue weighted by molar-refractivity contribution is -0.139. The van der Waals surface area contributed by atoms with Gasteiger partial charge in [-0.2, -0.15) is 5.26 Å². The van der Waals surface area contributed by atoms with Crippen molar-refractivity contribution in [1.29, 1.82) is 5.26 Å². The SMILES string of the molecule is COC(=O)C(C)S(=O)(=O)Nc1sc2c(c1C#N)CCNC2. The Bertz CT molecular complexity index is 703. The Hall–Kier alpha value is -1.63. The average Bonchev–Trinajstić information content (AvgIpc) is 2.81. The van der Waals surface area contributed by atoms with Crippen molar-refractivity contribution in [3.05, 3.63) is 16.0 Å². The molecule has 1 unspecified atom stereocenters. The lowest BCUT2D eigenvalue weighted by Crippen LogP contribution is -2.33. The highest BCUT2D eigenvalue weighted by Gasteiger charge is 2.31. The molecule has 0 bridgehead atoms.